The number of aliphatic hydroxyl groups is 1. The van der Waals surface area contributed by atoms with Crippen molar-refractivity contribution in [3.05, 3.63) is 92.7 Å². The zero-order chi connectivity index (χ0) is 46.6. The van der Waals surface area contributed by atoms with Crippen LogP contribution in [0.2, 0.25) is 0 Å². The summed E-state index contributed by atoms with van der Waals surface area (Å²) >= 11 is 0. The molecule has 0 radical (unpaired) electrons. The lowest BCUT2D eigenvalue weighted by Crippen LogP contribution is -2.39. The van der Waals surface area contributed by atoms with Crippen LogP contribution in [-0.2, 0) is 31.2 Å². The van der Waals surface area contributed by atoms with E-state index in [9.17, 15) is 29.3 Å². The van der Waals surface area contributed by atoms with Crippen LogP contribution in [0.15, 0.2) is 48.8 Å². The Kier molecular flexibility index (Phi) is 12.2. The van der Waals surface area contributed by atoms with Gasteiger partial charge >= 0.3 is 13.8 Å². The quantitative estimate of drug-likeness (QED) is 0.0516. The molecule has 5 atom stereocenters. The van der Waals surface area contributed by atoms with E-state index < -0.39 is 38.3 Å². The number of ether oxygens (including phenoxy) is 2. The summed E-state index contributed by atoms with van der Waals surface area (Å²) < 4.78 is 38.9. The lowest BCUT2D eigenvalue weighted by Gasteiger charge is -2.32. The third-order valence-corrected chi connectivity index (χ3v) is 14.5. The molecule has 2 fully saturated rings. The van der Waals surface area contributed by atoms with Gasteiger partial charge in [-0.25, -0.2) is 28.9 Å². The maximum absolute atomic E-state index is 13.8. The first kappa shape index (κ1) is 44.9. The van der Waals surface area contributed by atoms with Crippen LogP contribution in [-0.4, -0.2) is 111 Å². The van der Waals surface area contributed by atoms with Crippen molar-refractivity contribution >= 4 is 53.9 Å². The Bertz CT molecular complexity index is 2980. The van der Waals surface area contributed by atoms with E-state index in [0.717, 1.165) is 98.5 Å². The number of aliphatic hydroxyl groups excluding tert-OH is 1. The maximum Gasteiger partial charge on any atom is 0.472 e. The number of aryl methyl sites for hydroxylation is 2. The summed E-state index contributed by atoms with van der Waals surface area (Å²) in [5, 5.41) is 30.1. The molecule has 1 amide bonds. The lowest BCUT2D eigenvalue weighted by atomic mass is 9.85. The standard InChI is InChI=1S/C47H54N9O10P/c1-3-54-17-9-11-26-19-31-35(22-33(26)54)64-36-23-34-27(12-10-18-55(34)4-2)20-32(36)38(31)30-21-28(13-14-29(30)46(59)60)44(58)49-15-7-5-6-8-16-50-47-53-39-42(48)51-25-52-43(39)56(47)45-40(57)41-37(65-45)24-63-67(61,62)66-41/h13-14,19-23,25,37,40-41,45,57H,3-12,15-18,24H2,1-2H3,(H5-,48,49,50,51,52,53,58,59,60,61,62)/p+1/t37-,40-,41-,45-/m1/s1. The molecule has 5 aliphatic heterocycles. The van der Waals surface area contributed by atoms with Crippen LogP contribution in [0.4, 0.5) is 17.5 Å². The van der Waals surface area contributed by atoms with Gasteiger partial charge in [0.2, 0.25) is 11.3 Å². The number of benzene rings is 3. The van der Waals surface area contributed by atoms with Gasteiger partial charge in [0, 0.05) is 71.8 Å². The first-order valence-electron chi connectivity index (χ1n) is 23.2. The zero-order valence-electron chi connectivity index (χ0n) is 37.4. The minimum atomic E-state index is -4.34. The summed E-state index contributed by atoms with van der Waals surface area (Å²) in [5.41, 5.74) is 12.8. The number of amides is 1. The number of hydrogen-bond donors (Lipinski definition) is 6. The summed E-state index contributed by atoms with van der Waals surface area (Å²) in [5.74, 6) is 0.420. The van der Waals surface area contributed by atoms with Crippen LogP contribution in [0.5, 0.6) is 11.5 Å². The van der Waals surface area contributed by atoms with Crippen molar-refractivity contribution < 1.29 is 47.8 Å². The number of nitrogens with zero attached hydrogens (tertiary/aromatic N) is 6. The number of rotatable bonds is 14. The van der Waals surface area contributed by atoms with Crippen molar-refractivity contribution in [2.75, 3.05) is 61.8 Å². The Hall–Kier alpha value is -5.95. The third kappa shape index (κ3) is 8.42. The Labute approximate surface area is 385 Å². The average Bonchev–Trinajstić information content (AvgIpc) is 3.85. The molecule has 0 saturated carbocycles. The topological polar surface area (TPSA) is 249 Å². The molecule has 5 aromatic rings. The number of unbranched alkanes of at least 4 members (excludes halogenated alkanes) is 3. The van der Waals surface area contributed by atoms with Gasteiger partial charge in [-0.15, -0.1) is 0 Å². The van der Waals surface area contributed by atoms with Crippen LogP contribution < -0.4 is 41.2 Å². The van der Waals surface area contributed by atoms with Gasteiger partial charge in [-0.2, -0.15) is 0 Å². The molecule has 5 aliphatic rings. The number of nitrogens with one attached hydrogen (secondary N) is 2. The van der Waals surface area contributed by atoms with Gasteiger partial charge in [-0.3, -0.25) is 18.4 Å². The first-order valence-corrected chi connectivity index (χ1v) is 24.7. The highest BCUT2D eigenvalue weighted by Gasteiger charge is 2.53. The second kappa shape index (κ2) is 18.3. The number of aromatic nitrogens is 4. The van der Waals surface area contributed by atoms with Crippen molar-refractivity contribution in [2.45, 2.75) is 89.8 Å². The molecular formula is C47H55N9O10P+. The Balaban J connectivity index is 0.838. The molecule has 1 unspecified atom stereocenters. The lowest BCUT2D eigenvalue weighted by molar-refractivity contribution is -0.0659. The van der Waals surface area contributed by atoms with Crippen LogP contribution >= 0.6 is 7.82 Å². The van der Waals surface area contributed by atoms with Gasteiger partial charge in [0.1, 0.15) is 49.2 Å². The number of nitrogen functional groups attached to an aromatic ring is 1. The van der Waals surface area contributed by atoms with Gasteiger partial charge in [-0.1, -0.05) is 12.8 Å². The van der Waals surface area contributed by atoms with E-state index in [2.05, 4.69) is 73.2 Å². The van der Waals surface area contributed by atoms with Crippen molar-refractivity contribution in [3.8, 4) is 11.5 Å². The number of fused-ring (bicyclic) bond motifs is 6. The number of phosphoric ester groups is 1. The van der Waals surface area contributed by atoms with Gasteiger partial charge in [0.25, 0.3) is 5.91 Å². The van der Waals surface area contributed by atoms with Crippen molar-refractivity contribution in [1.82, 2.24) is 29.4 Å². The third-order valence-electron chi connectivity index (χ3n) is 13.5. The number of carboxylic acid groups (broad SMARTS) is 1. The largest absolute Gasteiger partial charge is 0.478 e. The van der Waals surface area contributed by atoms with E-state index in [0.29, 0.717) is 59.2 Å². The van der Waals surface area contributed by atoms with E-state index in [4.69, 9.17) is 24.3 Å². The highest BCUT2D eigenvalue weighted by Crippen LogP contribution is 2.53. The van der Waals surface area contributed by atoms with Gasteiger partial charge < -0.3 is 45.8 Å². The van der Waals surface area contributed by atoms with E-state index in [1.807, 2.05) is 0 Å². The number of phosphoric acid groups is 1. The number of anilines is 3. The fourth-order valence-corrected chi connectivity index (χ4v) is 11.1. The number of carboxylic acids is 1. The van der Waals surface area contributed by atoms with Crippen LogP contribution in [0.25, 0.3) is 16.7 Å². The number of imidazole rings is 1. The number of carbonyl (C=O) groups is 2. The molecule has 352 valence electrons. The molecule has 7 heterocycles. The highest BCUT2D eigenvalue weighted by molar-refractivity contribution is 7.47. The summed E-state index contributed by atoms with van der Waals surface area (Å²) in [6.45, 7) is 8.61. The van der Waals surface area contributed by atoms with Gasteiger partial charge in [0.05, 0.1) is 18.2 Å². The van der Waals surface area contributed by atoms with E-state index in [1.165, 1.54) is 23.5 Å². The number of nitrogens with two attached hydrogens (primary N) is 1. The molecule has 2 aromatic heterocycles. The Morgan fingerprint density at radius 3 is 2.61 bits per heavy atom. The summed E-state index contributed by atoms with van der Waals surface area (Å²) in [6.07, 6.45) is 3.84. The SMILES string of the molecule is CCN1CCCc2cc3c(cc21)Oc1cc2c(cc1=C3c1cc(C(=O)NCCCCCCNc3nc4c(N)ncnc4n3[C@@H]3O[C@@H]4COP(=O)(O)O[C@H]4[C@H]3O)ccc1C(=O)O)CCC[N+]=2CC. The molecule has 10 rings (SSSR count). The van der Waals surface area contributed by atoms with Gasteiger partial charge in [-0.05, 0) is 87.4 Å². The average molecular weight is 937 g/mol. The number of hydrogen-bond acceptors (Lipinski definition) is 14. The van der Waals surface area contributed by atoms with Crippen LogP contribution in [0, 0.1) is 0 Å². The molecule has 67 heavy (non-hydrogen) atoms. The summed E-state index contributed by atoms with van der Waals surface area (Å²) in [7, 11) is -4.34. The van der Waals surface area contributed by atoms with Crippen molar-refractivity contribution in [2.24, 2.45) is 0 Å². The smallest absolute Gasteiger partial charge is 0.472 e. The molecule has 0 aliphatic carbocycles. The molecular weight excluding hydrogens is 882 g/mol. The van der Waals surface area contributed by atoms with E-state index in [1.54, 1.807) is 16.7 Å². The second-order valence-corrected chi connectivity index (χ2v) is 19.0. The molecule has 20 heteroatoms. The van der Waals surface area contributed by atoms with Crippen LogP contribution in [0.3, 0.4) is 0 Å². The molecule has 3 aromatic carbocycles. The van der Waals surface area contributed by atoms with E-state index in [-0.39, 0.29) is 23.9 Å². The molecule has 0 spiro atoms. The number of carbonyl (C=O) groups excluding carboxylic acids is 1. The summed E-state index contributed by atoms with van der Waals surface area (Å²) in [6, 6.07) is 13.4. The minimum Gasteiger partial charge on any atom is -0.478 e. The predicted octanol–water partition coefficient (Wildman–Crippen LogP) is 3.87. The summed E-state index contributed by atoms with van der Waals surface area (Å²) in [4.78, 5) is 52.0. The highest BCUT2D eigenvalue weighted by atomic mass is 31.2. The van der Waals surface area contributed by atoms with E-state index >= 15 is 0 Å². The molecule has 7 N–H and O–H groups in total. The van der Waals surface area contributed by atoms with Crippen molar-refractivity contribution in [1.29, 1.82) is 0 Å². The Morgan fingerprint density at radius 1 is 0.985 bits per heavy atom. The molecule has 2 saturated heterocycles. The number of aromatic carboxylic acids is 1. The molecule has 0 bridgehead atoms. The normalized spacial score (nSPS) is 22.9. The maximum atomic E-state index is 13.8. The first-order chi connectivity index (χ1) is 32.4. The Morgan fingerprint density at radius 2 is 1.81 bits per heavy atom. The molecule has 19 nitrogen and oxygen atoms in total. The zero-order valence-corrected chi connectivity index (χ0v) is 38.3. The fraction of sp³-hybridized carbons (Fsp3) is 0.447. The monoisotopic (exact) mass is 936 g/mol. The minimum absolute atomic E-state index is 0.110. The van der Waals surface area contributed by atoms with Crippen LogP contribution in [0.1, 0.15) is 102 Å². The second-order valence-electron chi connectivity index (χ2n) is 17.6. The van der Waals surface area contributed by atoms with Gasteiger partial charge in [0.15, 0.2) is 23.2 Å². The van der Waals surface area contributed by atoms with Crippen molar-refractivity contribution in [3.63, 3.8) is 0 Å². The fourth-order valence-electron chi connectivity index (χ4n) is 10.2. The predicted molar refractivity (Wildman–Crippen MR) is 248 cm³/mol.